The zero-order chi connectivity index (χ0) is 24.3. The van der Waals surface area contributed by atoms with E-state index in [-0.39, 0.29) is 11.6 Å². The fourth-order valence-corrected chi connectivity index (χ4v) is 5.43. The van der Waals surface area contributed by atoms with E-state index in [1.807, 2.05) is 19.1 Å². The van der Waals surface area contributed by atoms with E-state index in [2.05, 4.69) is 21.1 Å². The van der Waals surface area contributed by atoms with Crippen molar-refractivity contribution >= 4 is 21.7 Å². The molecule has 3 N–H and O–H groups in total. The molecule has 1 amide bonds. The van der Waals surface area contributed by atoms with Crippen molar-refractivity contribution in [3.8, 4) is 5.75 Å². The van der Waals surface area contributed by atoms with E-state index in [9.17, 15) is 18.3 Å². The van der Waals surface area contributed by atoms with Gasteiger partial charge in [0.2, 0.25) is 0 Å². The van der Waals surface area contributed by atoms with Crippen molar-refractivity contribution in [2.24, 2.45) is 0 Å². The monoisotopic (exact) mass is 487 g/mol. The van der Waals surface area contributed by atoms with Gasteiger partial charge in [0.1, 0.15) is 11.6 Å². The lowest BCUT2D eigenvalue weighted by molar-refractivity contribution is -0.128. The molecule has 9 heteroatoms. The summed E-state index contributed by atoms with van der Waals surface area (Å²) in [5.41, 5.74) is 0.869. The summed E-state index contributed by atoms with van der Waals surface area (Å²) >= 11 is 0. The molecule has 34 heavy (non-hydrogen) atoms. The summed E-state index contributed by atoms with van der Waals surface area (Å²) in [4.78, 5) is 17.2. The maximum Gasteiger partial charge on any atom is 0.281 e. The van der Waals surface area contributed by atoms with Crippen LogP contribution in [0.4, 0.5) is 5.82 Å². The highest BCUT2D eigenvalue weighted by atomic mass is 32.2. The first-order valence-corrected chi connectivity index (χ1v) is 13.4. The molecule has 1 aromatic heterocycles. The summed E-state index contributed by atoms with van der Waals surface area (Å²) in [6.45, 7) is 3.79. The Morgan fingerprint density at radius 3 is 2.56 bits per heavy atom. The van der Waals surface area contributed by atoms with Crippen LogP contribution in [0.15, 0.2) is 41.4 Å². The van der Waals surface area contributed by atoms with Crippen LogP contribution in [0.1, 0.15) is 68.9 Å². The third-order valence-electron chi connectivity index (χ3n) is 6.51. The van der Waals surface area contributed by atoms with Crippen LogP contribution in [-0.2, 0) is 14.8 Å². The molecule has 0 saturated heterocycles. The third-order valence-corrected chi connectivity index (χ3v) is 7.74. The van der Waals surface area contributed by atoms with Crippen molar-refractivity contribution in [2.45, 2.75) is 81.4 Å². The Kier molecular flexibility index (Phi) is 7.14. The summed E-state index contributed by atoms with van der Waals surface area (Å²) in [5, 5.41) is 12.0. The first-order valence-electron chi connectivity index (χ1n) is 11.9. The number of aliphatic hydroxyl groups is 1. The summed E-state index contributed by atoms with van der Waals surface area (Å²) in [5.74, 6) is 0.731. The zero-order valence-electron chi connectivity index (χ0n) is 19.7. The standard InChI is InChI=1S/C25H33N3O5S/c1-17-8-6-11-20(19-9-4-3-5-10-19)23(17)33-25(14-15-25)24(30)28-34(31,32)22-13-7-12-21(27-22)26-16-18(2)29/h6-8,11-13,18-19,29H,3-5,9-10,14-16H2,1-2H3,(H,26,27)(H,28,30)/t18-/m0/s1. The van der Waals surface area contributed by atoms with Crippen molar-refractivity contribution in [3.05, 3.63) is 47.5 Å². The lowest BCUT2D eigenvalue weighted by Crippen LogP contribution is -2.43. The van der Waals surface area contributed by atoms with E-state index >= 15 is 0 Å². The van der Waals surface area contributed by atoms with Gasteiger partial charge < -0.3 is 15.2 Å². The van der Waals surface area contributed by atoms with Gasteiger partial charge in [-0.25, -0.2) is 9.71 Å². The number of carbonyl (C=O) groups is 1. The predicted octanol–water partition coefficient (Wildman–Crippen LogP) is 3.65. The Bertz CT molecular complexity index is 1140. The van der Waals surface area contributed by atoms with Gasteiger partial charge in [-0.15, -0.1) is 0 Å². The SMILES string of the molecule is Cc1cccc(C2CCCCC2)c1OC1(C(=O)NS(=O)(=O)c2cccc(NC[C@H](C)O)n2)CC1. The van der Waals surface area contributed by atoms with E-state index in [1.165, 1.54) is 31.4 Å². The molecule has 0 spiro atoms. The fraction of sp³-hybridized carbons (Fsp3) is 0.520. The van der Waals surface area contributed by atoms with Gasteiger partial charge in [0, 0.05) is 19.4 Å². The molecule has 4 rings (SSSR count). The number of aryl methyl sites for hydroxylation is 1. The van der Waals surface area contributed by atoms with Gasteiger partial charge in [-0.1, -0.05) is 43.5 Å². The Balaban J connectivity index is 1.51. The molecule has 8 nitrogen and oxygen atoms in total. The highest BCUT2D eigenvalue weighted by Gasteiger charge is 2.54. The molecule has 0 aliphatic heterocycles. The number of anilines is 1. The normalized spacial score (nSPS) is 18.7. The van der Waals surface area contributed by atoms with Crippen molar-refractivity contribution in [1.29, 1.82) is 0 Å². The number of amides is 1. The average Bonchev–Trinajstić information content (AvgIpc) is 3.60. The van der Waals surface area contributed by atoms with Crippen molar-refractivity contribution in [2.75, 3.05) is 11.9 Å². The number of nitrogens with one attached hydrogen (secondary N) is 2. The summed E-state index contributed by atoms with van der Waals surface area (Å²) in [7, 11) is -4.19. The van der Waals surface area contributed by atoms with Crippen molar-refractivity contribution < 1.29 is 23.1 Å². The second kappa shape index (κ2) is 9.92. The number of aliphatic hydroxyl groups excluding tert-OH is 1. The molecule has 2 saturated carbocycles. The molecule has 0 bridgehead atoms. The van der Waals surface area contributed by atoms with Crippen LogP contribution in [-0.4, -0.2) is 42.7 Å². The first-order chi connectivity index (χ1) is 16.2. The molecule has 1 atom stereocenters. The Labute approximate surface area is 201 Å². The second-order valence-electron chi connectivity index (χ2n) is 9.45. The van der Waals surface area contributed by atoms with E-state index in [0.717, 1.165) is 24.0 Å². The number of hydrogen-bond acceptors (Lipinski definition) is 7. The number of hydrogen-bond donors (Lipinski definition) is 3. The highest BCUT2D eigenvalue weighted by Crippen LogP contribution is 2.46. The minimum absolute atomic E-state index is 0.222. The molecule has 184 valence electrons. The quantitative estimate of drug-likeness (QED) is 0.494. The van der Waals surface area contributed by atoms with Crippen LogP contribution in [0.25, 0.3) is 0 Å². The largest absolute Gasteiger partial charge is 0.477 e. The van der Waals surface area contributed by atoms with Gasteiger partial charge >= 0.3 is 0 Å². The summed E-state index contributed by atoms with van der Waals surface area (Å²) < 4.78 is 34.3. The summed E-state index contributed by atoms with van der Waals surface area (Å²) in [6, 6.07) is 10.5. The maximum atomic E-state index is 13.1. The van der Waals surface area contributed by atoms with Crippen LogP contribution in [0.5, 0.6) is 5.75 Å². The van der Waals surface area contributed by atoms with Gasteiger partial charge in [0.05, 0.1) is 6.10 Å². The number of para-hydroxylation sites is 1. The molecule has 0 unspecified atom stereocenters. The van der Waals surface area contributed by atoms with Crippen LogP contribution in [0.2, 0.25) is 0 Å². The Morgan fingerprint density at radius 1 is 1.18 bits per heavy atom. The maximum absolute atomic E-state index is 13.1. The molecule has 2 aromatic rings. The minimum atomic E-state index is -4.19. The molecule has 2 aliphatic rings. The van der Waals surface area contributed by atoms with E-state index < -0.39 is 27.6 Å². The molecule has 2 fully saturated rings. The number of sulfonamides is 1. The number of pyridine rings is 1. The van der Waals surface area contributed by atoms with Gasteiger partial charge in [-0.3, -0.25) is 4.79 Å². The van der Waals surface area contributed by atoms with Gasteiger partial charge in [-0.2, -0.15) is 8.42 Å². The molecule has 1 aromatic carbocycles. The zero-order valence-corrected chi connectivity index (χ0v) is 20.5. The van der Waals surface area contributed by atoms with Crippen molar-refractivity contribution in [3.63, 3.8) is 0 Å². The third kappa shape index (κ3) is 5.52. The molecular formula is C25H33N3O5S. The number of nitrogens with zero attached hydrogens (tertiary/aromatic N) is 1. The number of ether oxygens (including phenoxy) is 1. The topological polar surface area (TPSA) is 118 Å². The van der Waals surface area contributed by atoms with E-state index in [1.54, 1.807) is 13.0 Å². The molecule has 2 aliphatic carbocycles. The lowest BCUT2D eigenvalue weighted by Gasteiger charge is -2.27. The van der Waals surface area contributed by atoms with Crippen LogP contribution in [0, 0.1) is 6.92 Å². The Morgan fingerprint density at radius 2 is 1.88 bits per heavy atom. The van der Waals surface area contributed by atoms with E-state index in [4.69, 9.17) is 4.74 Å². The minimum Gasteiger partial charge on any atom is -0.477 e. The second-order valence-corrected chi connectivity index (χ2v) is 11.1. The molecular weight excluding hydrogens is 454 g/mol. The lowest BCUT2D eigenvalue weighted by atomic mass is 9.83. The number of benzene rings is 1. The Hall–Kier alpha value is -2.65. The smallest absolute Gasteiger partial charge is 0.281 e. The van der Waals surface area contributed by atoms with Crippen LogP contribution in [0.3, 0.4) is 0 Å². The predicted molar refractivity (Wildman–Crippen MR) is 129 cm³/mol. The van der Waals surface area contributed by atoms with Gasteiger partial charge in [0.15, 0.2) is 10.6 Å². The first kappa shape index (κ1) is 24.5. The fourth-order valence-electron chi connectivity index (χ4n) is 4.42. The number of aromatic nitrogens is 1. The number of carbonyl (C=O) groups excluding carboxylic acids is 1. The van der Waals surface area contributed by atoms with Crippen LogP contribution < -0.4 is 14.8 Å². The average molecular weight is 488 g/mol. The van der Waals surface area contributed by atoms with Gasteiger partial charge in [-0.05, 0) is 55.9 Å². The highest BCUT2D eigenvalue weighted by molar-refractivity contribution is 7.90. The number of rotatable bonds is 9. The van der Waals surface area contributed by atoms with Gasteiger partial charge in [0.25, 0.3) is 15.9 Å². The van der Waals surface area contributed by atoms with Crippen LogP contribution >= 0.6 is 0 Å². The summed E-state index contributed by atoms with van der Waals surface area (Å²) in [6.07, 6.45) is 6.09. The van der Waals surface area contributed by atoms with E-state index in [0.29, 0.717) is 30.3 Å². The molecule has 1 heterocycles. The molecule has 0 radical (unpaired) electrons. The van der Waals surface area contributed by atoms with Crippen molar-refractivity contribution in [1.82, 2.24) is 9.71 Å².